The first-order valence-electron chi connectivity index (χ1n) is 9.95. The van der Waals surface area contributed by atoms with Gasteiger partial charge in [0.1, 0.15) is 11.4 Å². The Morgan fingerprint density at radius 1 is 0.935 bits per heavy atom. The molecule has 0 spiro atoms. The van der Waals surface area contributed by atoms with Crippen molar-refractivity contribution in [3.05, 3.63) is 95.2 Å². The Kier molecular flexibility index (Phi) is 5.71. The van der Waals surface area contributed by atoms with Crippen molar-refractivity contribution in [1.82, 2.24) is 10.3 Å². The number of nitrogens with one attached hydrogen (secondary N) is 3. The maximum Gasteiger partial charge on any atom is 0.270 e. The number of fused-ring (bicyclic) bond motifs is 1. The summed E-state index contributed by atoms with van der Waals surface area (Å²) < 4.78 is 5.32. The minimum absolute atomic E-state index is 0.291. The zero-order chi connectivity index (χ0) is 21.8. The minimum atomic E-state index is -0.306. The van der Waals surface area contributed by atoms with Crippen LogP contribution in [0.25, 0.3) is 10.9 Å². The number of methoxy groups -OCH3 is 1. The summed E-state index contributed by atoms with van der Waals surface area (Å²) in [4.78, 5) is 29.0. The third-order valence-corrected chi connectivity index (χ3v) is 5.08. The molecule has 0 atom stereocenters. The van der Waals surface area contributed by atoms with Crippen LogP contribution >= 0.6 is 0 Å². The average molecular weight is 413 g/mol. The molecular formula is C25H23N3O3. The Labute approximate surface area is 180 Å². The quantitative estimate of drug-likeness (QED) is 0.430. The summed E-state index contributed by atoms with van der Waals surface area (Å²) in [5.74, 6) is 0.0318. The molecule has 3 aromatic carbocycles. The number of aromatic amines is 1. The van der Waals surface area contributed by atoms with Crippen molar-refractivity contribution in [1.29, 1.82) is 0 Å². The van der Waals surface area contributed by atoms with E-state index in [1.807, 2.05) is 43.3 Å². The zero-order valence-corrected chi connectivity index (χ0v) is 17.4. The molecule has 2 amide bonds. The number of hydrogen-bond donors (Lipinski definition) is 3. The number of benzene rings is 3. The second-order valence-corrected chi connectivity index (χ2v) is 7.27. The molecule has 3 N–H and O–H groups in total. The van der Waals surface area contributed by atoms with Gasteiger partial charge >= 0.3 is 0 Å². The largest absolute Gasteiger partial charge is 0.497 e. The van der Waals surface area contributed by atoms with E-state index in [1.54, 1.807) is 43.5 Å². The lowest BCUT2D eigenvalue weighted by Crippen LogP contribution is -2.25. The van der Waals surface area contributed by atoms with Crippen molar-refractivity contribution in [2.45, 2.75) is 13.5 Å². The number of ether oxygens (including phenoxy) is 1. The number of hydrogen-bond acceptors (Lipinski definition) is 3. The van der Waals surface area contributed by atoms with E-state index in [-0.39, 0.29) is 11.8 Å². The summed E-state index contributed by atoms with van der Waals surface area (Å²) >= 11 is 0. The van der Waals surface area contributed by atoms with Crippen LogP contribution in [0, 0.1) is 6.92 Å². The summed E-state index contributed by atoms with van der Waals surface area (Å²) in [6, 6.07) is 22.3. The van der Waals surface area contributed by atoms with Crippen LogP contribution in [0.2, 0.25) is 0 Å². The summed E-state index contributed by atoms with van der Waals surface area (Å²) in [6.07, 6.45) is 0. The molecule has 0 aliphatic heterocycles. The second kappa shape index (κ2) is 8.75. The number of aryl methyl sites for hydroxylation is 1. The van der Waals surface area contributed by atoms with Crippen LogP contribution < -0.4 is 15.4 Å². The second-order valence-electron chi connectivity index (χ2n) is 7.27. The predicted molar refractivity (Wildman–Crippen MR) is 122 cm³/mol. The number of anilines is 1. The standard InChI is InChI=1S/C25H23N3O3/c1-16-8-10-17(11-9-16)15-26-25(30)23-22(28-24(29)18-6-4-3-5-7-18)20-14-19(31-2)12-13-21(20)27-23/h3-14,27H,15H2,1-2H3,(H,26,30)(H,28,29). The highest BCUT2D eigenvalue weighted by Gasteiger charge is 2.20. The van der Waals surface area contributed by atoms with Crippen molar-refractivity contribution >= 4 is 28.4 Å². The molecule has 4 rings (SSSR count). The molecule has 1 aromatic heterocycles. The molecule has 31 heavy (non-hydrogen) atoms. The Morgan fingerprint density at radius 2 is 1.68 bits per heavy atom. The van der Waals surface area contributed by atoms with Crippen molar-refractivity contribution in [2.24, 2.45) is 0 Å². The first kappa shape index (κ1) is 20.2. The maximum absolute atomic E-state index is 13.0. The molecule has 4 aromatic rings. The van der Waals surface area contributed by atoms with Gasteiger partial charge in [0, 0.05) is 23.0 Å². The highest BCUT2D eigenvalue weighted by molar-refractivity contribution is 6.15. The summed E-state index contributed by atoms with van der Waals surface area (Å²) in [7, 11) is 1.57. The molecule has 156 valence electrons. The molecular weight excluding hydrogens is 390 g/mol. The van der Waals surface area contributed by atoms with Gasteiger partial charge in [-0.15, -0.1) is 0 Å². The van der Waals surface area contributed by atoms with Gasteiger partial charge in [-0.25, -0.2) is 0 Å². The smallest absolute Gasteiger partial charge is 0.270 e. The van der Waals surface area contributed by atoms with E-state index >= 15 is 0 Å². The monoisotopic (exact) mass is 413 g/mol. The first-order chi connectivity index (χ1) is 15.0. The van der Waals surface area contributed by atoms with Gasteiger partial charge < -0.3 is 20.4 Å². The Bertz CT molecular complexity index is 1230. The van der Waals surface area contributed by atoms with E-state index < -0.39 is 0 Å². The van der Waals surface area contributed by atoms with Gasteiger partial charge in [0.2, 0.25) is 0 Å². The average Bonchev–Trinajstić information content (AvgIpc) is 3.16. The lowest BCUT2D eigenvalue weighted by molar-refractivity contribution is 0.0947. The van der Waals surface area contributed by atoms with Crippen LogP contribution in [-0.2, 0) is 6.54 Å². The van der Waals surface area contributed by atoms with Crippen LogP contribution in [0.3, 0.4) is 0 Å². The van der Waals surface area contributed by atoms with E-state index in [1.165, 1.54) is 0 Å². The summed E-state index contributed by atoms with van der Waals surface area (Å²) in [6.45, 7) is 2.40. The number of H-pyrrole nitrogens is 1. The first-order valence-corrected chi connectivity index (χ1v) is 9.95. The van der Waals surface area contributed by atoms with Crippen LogP contribution in [0.4, 0.5) is 5.69 Å². The topological polar surface area (TPSA) is 83.2 Å². The van der Waals surface area contributed by atoms with Gasteiger partial charge in [-0.1, -0.05) is 48.0 Å². The predicted octanol–water partition coefficient (Wildman–Crippen LogP) is 4.67. The van der Waals surface area contributed by atoms with Gasteiger partial charge in [0.05, 0.1) is 12.8 Å². The molecule has 6 heteroatoms. The fourth-order valence-corrected chi connectivity index (χ4v) is 3.35. The zero-order valence-electron chi connectivity index (χ0n) is 17.4. The van der Waals surface area contributed by atoms with Crippen molar-refractivity contribution in [2.75, 3.05) is 12.4 Å². The molecule has 0 aliphatic carbocycles. The van der Waals surface area contributed by atoms with E-state index in [0.29, 0.717) is 34.6 Å². The van der Waals surface area contributed by atoms with Crippen LogP contribution in [0.5, 0.6) is 5.75 Å². The summed E-state index contributed by atoms with van der Waals surface area (Å²) in [5.41, 5.74) is 4.09. The molecule has 6 nitrogen and oxygen atoms in total. The van der Waals surface area contributed by atoms with Gasteiger partial charge in [-0.2, -0.15) is 0 Å². The van der Waals surface area contributed by atoms with Gasteiger partial charge in [-0.05, 0) is 42.8 Å². The molecule has 0 aliphatic rings. The van der Waals surface area contributed by atoms with Crippen molar-refractivity contribution < 1.29 is 14.3 Å². The third-order valence-electron chi connectivity index (χ3n) is 5.08. The number of aromatic nitrogens is 1. The fourth-order valence-electron chi connectivity index (χ4n) is 3.35. The van der Waals surface area contributed by atoms with E-state index in [2.05, 4.69) is 15.6 Å². The van der Waals surface area contributed by atoms with Gasteiger partial charge in [-0.3, -0.25) is 9.59 Å². The van der Waals surface area contributed by atoms with Crippen molar-refractivity contribution in [3.8, 4) is 5.75 Å². The van der Waals surface area contributed by atoms with Gasteiger partial charge in [0.25, 0.3) is 11.8 Å². The maximum atomic E-state index is 13.0. The van der Waals surface area contributed by atoms with Gasteiger partial charge in [0.15, 0.2) is 0 Å². The highest BCUT2D eigenvalue weighted by Crippen LogP contribution is 2.31. The Hall–Kier alpha value is -4.06. The van der Waals surface area contributed by atoms with E-state index in [0.717, 1.165) is 16.6 Å². The van der Waals surface area contributed by atoms with Crippen LogP contribution in [0.15, 0.2) is 72.8 Å². The normalized spacial score (nSPS) is 10.6. The number of carbonyl (C=O) groups is 2. The third kappa shape index (κ3) is 4.43. The Balaban J connectivity index is 1.66. The van der Waals surface area contributed by atoms with E-state index in [9.17, 15) is 9.59 Å². The Morgan fingerprint density at radius 3 is 2.39 bits per heavy atom. The SMILES string of the molecule is COc1ccc2[nH]c(C(=O)NCc3ccc(C)cc3)c(NC(=O)c3ccccc3)c2c1. The summed E-state index contributed by atoms with van der Waals surface area (Å²) in [5, 5.41) is 6.52. The molecule has 0 saturated carbocycles. The number of amides is 2. The molecule has 1 heterocycles. The lowest BCUT2D eigenvalue weighted by atomic mass is 10.1. The van der Waals surface area contributed by atoms with Crippen molar-refractivity contribution in [3.63, 3.8) is 0 Å². The number of rotatable bonds is 6. The van der Waals surface area contributed by atoms with Crippen LogP contribution in [0.1, 0.15) is 32.0 Å². The van der Waals surface area contributed by atoms with Crippen LogP contribution in [-0.4, -0.2) is 23.9 Å². The molecule has 0 fully saturated rings. The van der Waals surface area contributed by atoms with E-state index in [4.69, 9.17) is 4.74 Å². The lowest BCUT2D eigenvalue weighted by Gasteiger charge is -2.09. The molecule has 0 radical (unpaired) electrons. The molecule has 0 unspecified atom stereocenters. The molecule has 0 saturated heterocycles. The highest BCUT2D eigenvalue weighted by atomic mass is 16.5. The number of carbonyl (C=O) groups excluding carboxylic acids is 2. The molecule has 0 bridgehead atoms. The fraction of sp³-hybridized carbons (Fsp3) is 0.120. The minimum Gasteiger partial charge on any atom is -0.497 e.